The van der Waals surface area contributed by atoms with Crippen LogP contribution in [-0.4, -0.2) is 22.5 Å². The van der Waals surface area contributed by atoms with E-state index in [9.17, 15) is 4.79 Å². The normalized spacial score (nSPS) is 24.9. The number of rotatable bonds is 1. The first-order chi connectivity index (χ1) is 10.7. The summed E-state index contributed by atoms with van der Waals surface area (Å²) in [5.74, 6) is 0.155. The number of hydrogen-bond donors (Lipinski definition) is 1. The van der Waals surface area contributed by atoms with Crippen molar-refractivity contribution in [2.75, 3.05) is 0 Å². The molecular formula is C18H17N3O. The van der Waals surface area contributed by atoms with Crippen molar-refractivity contribution in [3.05, 3.63) is 53.7 Å². The van der Waals surface area contributed by atoms with E-state index in [1.165, 1.54) is 0 Å². The molecule has 4 rings (SSSR count). The molecule has 1 aromatic carbocycles. The summed E-state index contributed by atoms with van der Waals surface area (Å²) in [6, 6.07) is 9.77. The van der Waals surface area contributed by atoms with Crippen LogP contribution in [0.25, 0.3) is 5.57 Å². The first-order valence-electron chi connectivity index (χ1n) is 7.73. The Balaban J connectivity index is 1.74. The largest absolute Gasteiger partial charge is 0.339 e. The van der Waals surface area contributed by atoms with E-state index in [0.29, 0.717) is 5.56 Å². The second kappa shape index (κ2) is 4.74. The number of fused-ring (bicyclic) bond motifs is 2. The summed E-state index contributed by atoms with van der Waals surface area (Å²) in [5.41, 5.74) is 2.35. The Morgan fingerprint density at radius 1 is 1.32 bits per heavy atom. The Bertz CT molecular complexity index is 735. The van der Waals surface area contributed by atoms with Crippen LogP contribution in [0.5, 0.6) is 0 Å². The molecule has 1 unspecified atom stereocenters. The van der Waals surface area contributed by atoms with Crippen molar-refractivity contribution in [1.29, 1.82) is 5.26 Å². The van der Waals surface area contributed by atoms with Gasteiger partial charge in [-0.1, -0.05) is 31.1 Å². The minimum atomic E-state index is -0.368. The molecule has 0 radical (unpaired) electrons. The molecule has 1 amide bonds. The molecule has 2 fully saturated rings. The number of nitrogens with zero attached hydrogens (tertiary/aromatic N) is 2. The van der Waals surface area contributed by atoms with Gasteiger partial charge in [-0.3, -0.25) is 4.79 Å². The molecule has 22 heavy (non-hydrogen) atoms. The highest BCUT2D eigenvalue weighted by atomic mass is 16.2. The highest BCUT2D eigenvalue weighted by Crippen LogP contribution is 2.42. The van der Waals surface area contributed by atoms with Crippen LogP contribution >= 0.6 is 0 Å². The average molecular weight is 291 g/mol. The molecule has 4 heteroatoms. The quantitative estimate of drug-likeness (QED) is 0.865. The van der Waals surface area contributed by atoms with E-state index in [4.69, 9.17) is 5.26 Å². The number of allylic oxidation sites excluding steroid dienone is 2. The Morgan fingerprint density at radius 2 is 2.14 bits per heavy atom. The molecule has 1 spiro atoms. The lowest BCUT2D eigenvalue weighted by Crippen LogP contribution is -2.45. The predicted molar refractivity (Wildman–Crippen MR) is 83.2 cm³/mol. The third-order valence-corrected chi connectivity index (χ3v) is 4.99. The Kier molecular flexibility index (Phi) is 2.83. The minimum Gasteiger partial charge on any atom is -0.339 e. The molecule has 1 aromatic rings. The SMILES string of the molecule is N#Cc1cccc(C2=CN3C(C=C2)NC(=O)C32CCCC2)c1. The lowest BCUT2D eigenvalue weighted by molar-refractivity contribution is -0.125. The van der Waals surface area contributed by atoms with Gasteiger partial charge in [-0.15, -0.1) is 0 Å². The number of nitriles is 1. The summed E-state index contributed by atoms with van der Waals surface area (Å²) in [5, 5.41) is 12.1. The second-order valence-electron chi connectivity index (χ2n) is 6.20. The smallest absolute Gasteiger partial charge is 0.247 e. The third kappa shape index (κ3) is 1.79. The van der Waals surface area contributed by atoms with Gasteiger partial charge in [-0.2, -0.15) is 5.26 Å². The Labute approximate surface area is 129 Å². The molecule has 2 heterocycles. The van der Waals surface area contributed by atoms with Gasteiger partial charge in [0.1, 0.15) is 11.7 Å². The van der Waals surface area contributed by atoms with Crippen LogP contribution in [0.2, 0.25) is 0 Å². The maximum absolute atomic E-state index is 12.4. The molecule has 1 atom stereocenters. The lowest BCUT2D eigenvalue weighted by Gasteiger charge is -2.35. The number of hydrogen-bond acceptors (Lipinski definition) is 3. The van der Waals surface area contributed by atoms with Gasteiger partial charge in [0.05, 0.1) is 11.6 Å². The molecule has 0 aromatic heterocycles. The first kappa shape index (κ1) is 13.1. The number of benzene rings is 1. The zero-order valence-corrected chi connectivity index (χ0v) is 12.2. The van der Waals surface area contributed by atoms with Crippen molar-refractivity contribution >= 4 is 11.5 Å². The van der Waals surface area contributed by atoms with Crippen molar-refractivity contribution in [3.63, 3.8) is 0 Å². The van der Waals surface area contributed by atoms with Crippen LogP contribution in [0.15, 0.2) is 42.6 Å². The summed E-state index contributed by atoms with van der Waals surface area (Å²) in [4.78, 5) is 14.6. The van der Waals surface area contributed by atoms with E-state index >= 15 is 0 Å². The van der Waals surface area contributed by atoms with Crippen LogP contribution < -0.4 is 5.32 Å². The highest BCUT2D eigenvalue weighted by molar-refractivity contribution is 5.91. The third-order valence-electron chi connectivity index (χ3n) is 4.99. The maximum Gasteiger partial charge on any atom is 0.247 e. The van der Waals surface area contributed by atoms with Gasteiger partial charge in [-0.25, -0.2) is 0 Å². The van der Waals surface area contributed by atoms with Crippen molar-refractivity contribution in [1.82, 2.24) is 10.2 Å². The van der Waals surface area contributed by atoms with Gasteiger partial charge < -0.3 is 10.2 Å². The van der Waals surface area contributed by atoms with Gasteiger partial charge in [0.15, 0.2) is 0 Å². The van der Waals surface area contributed by atoms with Crippen LogP contribution in [0.1, 0.15) is 36.8 Å². The maximum atomic E-state index is 12.4. The van der Waals surface area contributed by atoms with E-state index < -0.39 is 0 Å². The number of carbonyl (C=O) groups excluding carboxylic acids is 1. The van der Waals surface area contributed by atoms with Crippen molar-refractivity contribution < 1.29 is 4.79 Å². The summed E-state index contributed by atoms with van der Waals surface area (Å²) < 4.78 is 0. The summed E-state index contributed by atoms with van der Waals surface area (Å²) in [6.07, 6.45) is 10.2. The number of carbonyl (C=O) groups is 1. The summed E-state index contributed by atoms with van der Waals surface area (Å²) in [7, 11) is 0. The molecule has 110 valence electrons. The predicted octanol–water partition coefficient (Wildman–Crippen LogP) is 2.54. The molecule has 1 N–H and O–H groups in total. The molecule has 1 saturated heterocycles. The molecule has 3 aliphatic rings. The van der Waals surface area contributed by atoms with Crippen molar-refractivity contribution in [2.45, 2.75) is 37.4 Å². The van der Waals surface area contributed by atoms with Crippen LogP contribution in [-0.2, 0) is 4.79 Å². The second-order valence-corrected chi connectivity index (χ2v) is 6.20. The molecular weight excluding hydrogens is 274 g/mol. The monoisotopic (exact) mass is 291 g/mol. The van der Waals surface area contributed by atoms with Gasteiger partial charge in [-0.05, 0) is 42.2 Å². The minimum absolute atomic E-state index is 0.0338. The van der Waals surface area contributed by atoms with E-state index in [1.54, 1.807) is 6.07 Å². The topological polar surface area (TPSA) is 56.1 Å². The van der Waals surface area contributed by atoms with Gasteiger partial charge in [0.2, 0.25) is 5.91 Å². The Morgan fingerprint density at radius 3 is 2.91 bits per heavy atom. The average Bonchev–Trinajstić information content (AvgIpc) is 3.15. The van der Waals surface area contributed by atoms with Crippen LogP contribution in [0.4, 0.5) is 0 Å². The van der Waals surface area contributed by atoms with Gasteiger partial charge in [0.25, 0.3) is 0 Å². The van der Waals surface area contributed by atoms with Gasteiger partial charge in [0, 0.05) is 6.20 Å². The molecule has 1 aliphatic carbocycles. The lowest BCUT2D eigenvalue weighted by atomic mass is 9.94. The number of amides is 1. The molecule has 4 nitrogen and oxygen atoms in total. The van der Waals surface area contributed by atoms with E-state index in [2.05, 4.69) is 22.5 Å². The standard InChI is InChI=1S/C18H17N3O/c19-11-13-4-3-5-14(10-13)15-6-7-16-20-17(22)18(21(16)12-15)8-1-2-9-18/h3-7,10,12,16H,1-2,8-9H2,(H,20,22). The molecule has 2 aliphatic heterocycles. The van der Waals surface area contributed by atoms with Crippen molar-refractivity contribution in [2.24, 2.45) is 0 Å². The molecule has 1 saturated carbocycles. The Hall–Kier alpha value is -2.54. The van der Waals surface area contributed by atoms with Crippen LogP contribution in [0.3, 0.4) is 0 Å². The fourth-order valence-electron chi connectivity index (χ4n) is 3.84. The first-order valence-corrected chi connectivity index (χ1v) is 7.73. The van der Waals surface area contributed by atoms with Crippen molar-refractivity contribution in [3.8, 4) is 6.07 Å². The zero-order chi connectivity index (χ0) is 15.2. The fourth-order valence-corrected chi connectivity index (χ4v) is 3.84. The van der Waals surface area contributed by atoms with E-state index in [-0.39, 0.29) is 17.6 Å². The summed E-state index contributed by atoms with van der Waals surface area (Å²) >= 11 is 0. The van der Waals surface area contributed by atoms with E-state index in [1.807, 2.05) is 30.4 Å². The summed E-state index contributed by atoms with van der Waals surface area (Å²) in [6.45, 7) is 0. The molecule has 0 bridgehead atoms. The van der Waals surface area contributed by atoms with Crippen LogP contribution in [0, 0.1) is 11.3 Å². The highest BCUT2D eigenvalue weighted by Gasteiger charge is 2.53. The van der Waals surface area contributed by atoms with Gasteiger partial charge >= 0.3 is 0 Å². The van der Waals surface area contributed by atoms with E-state index in [0.717, 1.165) is 36.8 Å². The number of nitrogens with one attached hydrogen (secondary N) is 1. The fraction of sp³-hybridized carbons (Fsp3) is 0.333. The zero-order valence-electron chi connectivity index (χ0n) is 12.2.